The zero-order chi connectivity index (χ0) is 19.1. The molecule has 0 spiro atoms. The Bertz CT molecular complexity index is 740. The quantitative estimate of drug-likeness (QED) is 0.566. The number of carbonyl (C=O) groups is 1. The van der Waals surface area contributed by atoms with Crippen molar-refractivity contribution in [3.63, 3.8) is 0 Å². The lowest BCUT2D eigenvalue weighted by atomic mass is 9.96. The molecule has 2 aromatic rings. The van der Waals surface area contributed by atoms with Gasteiger partial charge >= 0.3 is 6.09 Å². The Balaban J connectivity index is 1.79. The first-order valence-corrected chi connectivity index (χ1v) is 8.24. The first-order chi connectivity index (χ1) is 12.4. The van der Waals surface area contributed by atoms with Gasteiger partial charge < -0.3 is 26.0 Å². The Labute approximate surface area is 151 Å². The Kier molecular flexibility index (Phi) is 6.94. The summed E-state index contributed by atoms with van der Waals surface area (Å²) in [5, 5.41) is 22.8. The molecule has 0 aliphatic carbocycles. The molecule has 0 heterocycles. The van der Waals surface area contributed by atoms with E-state index in [9.17, 15) is 19.4 Å². The third-order valence-electron chi connectivity index (χ3n) is 4.06. The molecule has 2 rings (SSSR count). The average Bonchev–Trinajstić information content (AvgIpc) is 2.63. The molecule has 6 nitrogen and oxygen atoms in total. The second kappa shape index (κ2) is 9.17. The average molecular weight is 362 g/mol. The minimum Gasteiger partial charge on any atom is -0.445 e. The molecule has 2 unspecified atom stereocenters. The van der Waals surface area contributed by atoms with Crippen LogP contribution in [-0.2, 0) is 11.3 Å². The van der Waals surface area contributed by atoms with E-state index in [0.717, 1.165) is 17.7 Å². The van der Waals surface area contributed by atoms with E-state index in [4.69, 9.17) is 10.5 Å². The molecule has 0 radical (unpaired) electrons. The van der Waals surface area contributed by atoms with Crippen molar-refractivity contribution >= 4 is 11.8 Å². The van der Waals surface area contributed by atoms with Crippen LogP contribution in [0.2, 0.25) is 0 Å². The molecule has 5 N–H and O–H groups in total. The molecule has 140 valence electrons. The number of nitrogens with two attached hydrogens (primary N) is 1. The monoisotopic (exact) mass is 362 g/mol. The van der Waals surface area contributed by atoms with E-state index < -0.39 is 24.1 Å². The van der Waals surface area contributed by atoms with Gasteiger partial charge in [0.05, 0.1) is 6.10 Å². The number of carbonyl (C=O) groups excluding carboxylic acids is 1. The van der Waals surface area contributed by atoms with Crippen LogP contribution in [0, 0.1) is 12.7 Å². The first kappa shape index (κ1) is 19.7. The van der Waals surface area contributed by atoms with Gasteiger partial charge in [-0.25, -0.2) is 9.18 Å². The zero-order valence-corrected chi connectivity index (χ0v) is 14.5. The number of nitrogens with one attached hydrogen (secondary N) is 1. The summed E-state index contributed by atoms with van der Waals surface area (Å²) in [6.07, 6.45) is -3.06. The minimum absolute atomic E-state index is 0.0669. The highest BCUT2D eigenvalue weighted by Crippen LogP contribution is 2.27. The Hall–Kier alpha value is -2.64. The van der Waals surface area contributed by atoms with Crippen LogP contribution < -0.4 is 11.1 Å². The highest BCUT2D eigenvalue weighted by Gasteiger charge is 2.22. The molecule has 0 saturated carbocycles. The number of aliphatic hydroxyl groups is 2. The maximum absolute atomic E-state index is 13.5. The van der Waals surface area contributed by atoms with Crippen LogP contribution in [0.25, 0.3) is 0 Å². The highest BCUT2D eigenvalue weighted by atomic mass is 19.1. The Morgan fingerprint density at radius 3 is 2.65 bits per heavy atom. The van der Waals surface area contributed by atoms with Gasteiger partial charge in [0.1, 0.15) is 18.5 Å². The number of halogens is 1. The summed E-state index contributed by atoms with van der Waals surface area (Å²) < 4.78 is 18.5. The van der Waals surface area contributed by atoms with Gasteiger partial charge in [-0.1, -0.05) is 30.3 Å². The van der Waals surface area contributed by atoms with E-state index in [-0.39, 0.29) is 30.8 Å². The van der Waals surface area contributed by atoms with Crippen molar-refractivity contribution in [2.75, 3.05) is 12.3 Å². The van der Waals surface area contributed by atoms with E-state index in [2.05, 4.69) is 5.32 Å². The number of alkyl carbamates (subject to hydrolysis) is 1. The number of hydrogen-bond acceptors (Lipinski definition) is 5. The van der Waals surface area contributed by atoms with Crippen molar-refractivity contribution in [1.82, 2.24) is 5.32 Å². The summed E-state index contributed by atoms with van der Waals surface area (Å²) >= 11 is 0. The lowest BCUT2D eigenvalue weighted by Gasteiger charge is -2.21. The lowest BCUT2D eigenvalue weighted by Crippen LogP contribution is -2.30. The lowest BCUT2D eigenvalue weighted by molar-refractivity contribution is 0.0131. The molecule has 0 aliphatic rings. The SMILES string of the molecule is Cc1c(N)cc(F)cc1C(O)C(O)CCNC(=O)OCc1ccccc1. The molecule has 0 fully saturated rings. The summed E-state index contributed by atoms with van der Waals surface area (Å²) in [5.41, 5.74) is 7.47. The van der Waals surface area contributed by atoms with E-state index in [1.807, 2.05) is 30.3 Å². The van der Waals surface area contributed by atoms with E-state index in [1.165, 1.54) is 0 Å². The molecule has 0 bridgehead atoms. The van der Waals surface area contributed by atoms with Gasteiger partial charge in [-0.3, -0.25) is 0 Å². The molecule has 7 heteroatoms. The molecular weight excluding hydrogens is 339 g/mol. The number of benzene rings is 2. The van der Waals surface area contributed by atoms with Crippen LogP contribution in [0.4, 0.5) is 14.9 Å². The normalized spacial score (nSPS) is 13.1. The first-order valence-electron chi connectivity index (χ1n) is 8.24. The predicted molar refractivity (Wildman–Crippen MR) is 95.8 cm³/mol. The summed E-state index contributed by atoms with van der Waals surface area (Å²) in [6.45, 7) is 1.87. The fourth-order valence-electron chi connectivity index (χ4n) is 2.49. The molecular formula is C19H23FN2O4. The smallest absolute Gasteiger partial charge is 0.407 e. The van der Waals surface area contributed by atoms with E-state index in [0.29, 0.717) is 5.56 Å². The number of ether oxygens (including phenoxy) is 1. The molecule has 26 heavy (non-hydrogen) atoms. The minimum atomic E-state index is -1.31. The maximum Gasteiger partial charge on any atom is 0.407 e. The fourth-order valence-corrected chi connectivity index (χ4v) is 2.49. The summed E-state index contributed by atoms with van der Waals surface area (Å²) in [4.78, 5) is 11.6. The van der Waals surface area contributed by atoms with Crippen LogP contribution in [0.3, 0.4) is 0 Å². The predicted octanol–water partition coefficient (Wildman–Crippen LogP) is 2.43. The second-order valence-electron chi connectivity index (χ2n) is 6.00. The fraction of sp³-hybridized carbons (Fsp3) is 0.316. The summed E-state index contributed by atoms with van der Waals surface area (Å²) in [6, 6.07) is 11.5. The largest absolute Gasteiger partial charge is 0.445 e. The third-order valence-corrected chi connectivity index (χ3v) is 4.06. The highest BCUT2D eigenvalue weighted by molar-refractivity contribution is 5.67. The molecule has 2 aromatic carbocycles. The van der Waals surface area contributed by atoms with Crippen LogP contribution in [0.15, 0.2) is 42.5 Å². The summed E-state index contributed by atoms with van der Waals surface area (Å²) in [5.74, 6) is -0.586. The molecule has 0 aromatic heterocycles. The molecule has 0 saturated heterocycles. The molecule has 1 amide bonds. The van der Waals surface area contributed by atoms with Crippen molar-refractivity contribution in [2.45, 2.75) is 32.2 Å². The molecule has 0 aliphatic heterocycles. The van der Waals surface area contributed by atoms with Gasteiger partial charge in [-0.05, 0) is 42.2 Å². The second-order valence-corrected chi connectivity index (χ2v) is 6.00. The Morgan fingerprint density at radius 1 is 1.27 bits per heavy atom. The van der Waals surface area contributed by atoms with Crippen LogP contribution in [-0.4, -0.2) is 29.0 Å². The van der Waals surface area contributed by atoms with Gasteiger partial charge in [0.25, 0.3) is 0 Å². The van der Waals surface area contributed by atoms with Crippen LogP contribution in [0.1, 0.15) is 29.2 Å². The number of amides is 1. The topological polar surface area (TPSA) is 105 Å². The van der Waals surface area contributed by atoms with Gasteiger partial charge in [-0.15, -0.1) is 0 Å². The maximum atomic E-state index is 13.5. The standard InChI is InChI=1S/C19H23FN2O4/c1-12-15(9-14(20)10-16(12)21)18(24)17(23)7-8-22-19(25)26-11-13-5-3-2-4-6-13/h2-6,9-10,17-18,23-24H,7-8,11,21H2,1H3,(H,22,25). The number of aliphatic hydroxyl groups excluding tert-OH is 2. The van der Waals surface area contributed by atoms with Gasteiger partial charge in [0.15, 0.2) is 0 Å². The number of rotatable bonds is 7. The van der Waals surface area contributed by atoms with Crippen molar-refractivity contribution in [1.29, 1.82) is 0 Å². The van der Waals surface area contributed by atoms with Gasteiger partial charge in [-0.2, -0.15) is 0 Å². The van der Waals surface area contributed by atoms with Gasteiger partial charge in [0, 0.05) is 12.2 Å². The van der Waals surface area contributed by atoms with E-state index >= 15 is 0 Å². The van der Waals surface area contributed by atoms with Crippen molar-refractivity contribution in [3.05, 3.63) is 65.0 Å². The van der Waals surface area contributed by atoms with Crippen molar-refractivity contribution in [2.24, 2.45) is 0 Å². The third kappa shape index (κ3) is 5.44. The van der Waals surface area contributed by atoms with Crippen molar-refractivity contribution in [3.8, 4) is 0 Å². The number of hydrogen-bond donors (Lipinski definition) is 4. The number of anilines is 1. The Morgan fingerprint density at radius 2 is 1.96 bits per heavy atom. The number of nitrogen functional groups attached to an aromatic ring is 1. The van der Waals surface area contributed by atoms with Gasteiger partial charge in [0.2, 0.25) is 0 Å². The van der Waals surface area contributed by atoms with Crippen LogP contribution in [0.5, 0.6) is 0 Å². The van der Waals surface area contributed by atoms with Crippen LogP contribution >= 0.6 is 0 Å². The van der Waals surface area contributed by atoms with E-state index in [1.54, 1.807) is 6.92 Å². The molecule has 2 atom stereocenters. The summed E-state index contributed by atoms with van der Waals surface area (Å²) in [7, 11) is 0. The van der Waals surface area contributed by atoms with Crippen molar-refractivity contribution < 1.29 is 24.1 Å². The zero-order valence-electron chi connectivity index (χ0n) is 14.5.